The number of nitrogens with two attached hydrogens (primary N) is 1. The molecule has 0 aliphatic heterocycles. The first-order chi connectivity index (χ1) is 3.50. The third kappa shape index (κ3) is 1.97. The lowest BCUT2D eigenvalue weighted by Crippen LogP contribution is -2.34. The summed E-state index contributed by atoms with van der Waals surface area (Å²) < 4.78 is 35.1. The van der Waals surface area contributed by atoms with Crippen molar-refractivity contribution in [1.29, 1.82) is 0 Å². The van der Waals surface area contributed by atoms with Crippen LogP contribution in [0.25, 0.3) is 0 Å². The Balaban J connectivity index is 3.71. The summed E-state index contributed by atoms with van der Waals surface area (Å²) in [5, 5.41) is 0. The minimum absolute atomic E-state index is 0.947. The summed E-state index contributed by atoms with van der Waals surface area (Å²) in [6.07, 6.45) is 0. The maximum atomic E-state index is 11.8. The molecule has 0 bridgehead atoms. The molecular formula is C3H7F3NP. The van der Waals surface area contributed by atoms with Gasteiger partial charge in [-0.15, -0.1) is 0 Å². The first kappa shape index (κ1) is 8.18. The van der Waals surface area contributed by atoms with Gasteiger partial charge >= 0.3 is 0 Å². The molecule has 8 heavy (non-hydrogen) atoms. The molecule has 2 unspecified atom stereocenters. The largest absolute Gasteiger partial charge is 0.325 e. The van der Waals surface area contributed by atoms with Crippen molar-refractivity contribution in [3.8, 4) is 0 Å². The van der Waals surface area contributed by atoms with Gasteiger partial charge < -0.3 is 5.73 Å². The average Bonchev–Trinajstić information content (AvgIpc) is 1.67. The number of rotatable bonds is 2. The van der Waals surface area contributed by atoms with Crippen molar-refractivity contribution in [2.45, 2.75) is 11.8 Å². The molecule has 2 N–H and O–H groups in total. The third-order valence-electron chi connectivity index (χ3n) is 0.676. The highest BCUT2D eigenvalue weighted by Crippen LogP contribution is 2.24. The van der Waals surface area contributed by atoms with Crippen LogP contribution in [0.2, 0.25) is 0 Å². The van der Waals surface area contributed by atoms with E-state index in [1.54, 1.807) is 0 Å². The van der Waals surface area contributed by atoms with Gasteiger partial charge in [0.1, 0.15) is 0 Å². The Kier molecular flexibility index (Phi) is 2.71. The molecule has 0 saturated heterocycles. The second-order valence-corrected chi connectivity index (χ2v) is 1.95. The van der Waals surface area contributed by atoms with Crippen LogP contribution < -0.4 is 5.73 Å². The third-order valence-corrected chi connectivity index (χ3v) is 1.16. The zero-order valence-electron chi connectivity index (χ0n) is 4.07. The molecule has 0 spiro atoms. The van der Waals surface area contributed by atoms with Gasteiger partial charge in [-0.05, 0) is 0 Å². The van der Waals surface area contributed by atoms with E-state index in [1.807, 2.05) is 0 Å². The molecule has 0 radical (unpaired) electrons. The van der Waals surface area contributed by atoms with Crippen LogP contribution in [0.15, 0.2) is 0 Å². The van der Waals surface area contributed by atoms with Crippen molar-refractivity contribution in [3.63, 3.8) is 0 Å². The van der Waals surface area contributed by atoms with Crippen LogP contribution in [-0.2, 0) is 0 Å². The highest BCUT2D eigenvalue weighted by molar-refractivity contribution is 7.17. The van der Waals surface area contributed by atoms with Crippen LogP contribution in [0, 0.1) is 0 Å². The maximum Gasteiger partial charge on any atom is 0.293 e. The lowest BCUT2D eigenvalue weighted by Gasteiger charge is -2.13. The van der Waals surface area contributed by atoms with E-state index < -0.39 is 18.4 Å². The fraction of sp³-hybridized carbons (Fsp3) is 1.00. The standard InChI is InChI=1S/C3H7F3NP/c4-2(8)3(5,6)1-7/h2H,1,7-8H2. The summed E-state index contributed by atoms with van der Waals surface area (Å²) in [5.41, 5.74) is 4.50. The summed E-state index contributed by atoms with van der Waals surface area (Å²) in [5.74, 6) is -5.61. The Hall–Kier alpha value is 0.180. The highest BCUT2D eigenvalue weighted by atomic mass is 31.0. The molecule has 0 aliphatic rings. The Morgan fingerprint density at radius 3 is 2.00 bits per heavy atom. The summed E-state index contributed by atoms with van der Waals surface area (Å²) in [6, 6.07) is 0. The van der Waals surface area contributed by atoms with E-state index in [2.05, 4.69) is 5.73 Å². The molecule has 0 aromatic carbocycles. The van der Waals surface area contributed by atoms with Crippen molar-refractivity contribution in [2.24, 2.45) is 5.73 Å². The fourth-order valence-corrected chi connectivity index (χ4v) is 0.249. The predicted molar refractivity (Wildman–Crippen MR) is 28.6 cm³/mol. The van der Waals surface area contributed by atoms with Gasteiger partial charge in [-0.1, -0.05) is 9.24 Å². The van der Waals surface area contributed by atoms with E-state index in [0.717, 1.165) is 0 Å². The molecule has 0 amide bonds. The quantitative estimate of drug-likeness (QED) is 0.570. The highest BCUT2D eigenvalue weighted by Gasteiger charge is 2.34. The SMILES string of the molecule is NCC(F)(F)C(F)P. The van der Waals surface area contributed by atoms with E-state index in [0.29, 0.717) is 0 Å². The van der Waals surface area contributed by atoms with Gasteiger partial charge in [-0.2, -0.15) is 0 Å². The van der Waals surface area contributed by atoms with Crippen LogP contribution in [0.1, 0.15) is 0 Å². The first-order valence-electron chi connectivity index (χ1n) is 1.98. The Morgan fingerprint density at radius 1 is 1.62 bits per heavy atom. The molecule has 0 rings (SSSR count). The zero-order chi connectivity index (χ0) is 6.78. The summed E-state index contributed by atoms with van der Waals surface area (Å²) in [7, 11) is 1.35. The maximum absolute atomic E-state index is 11.8. The topological polar surface area (TPSA) is 26.0 Å². The molecule has 0 aromatic rings. The zero-order valence-corrected chi connectivity index (χ0v) is 5.23. The van der Waals surface area contributed by atoms with E-state index in [4.69, 9.17) is 0 Å². The minimum Gasteiger partial charge on any atom is -0.325 e. The minimum atomic E-state index is -3.38. The summed E-state index contributed by atoms with van der Waals surface area (Å²) in [6.45, 7) is -0.947. The van der Waals surface area contributed by atoms with Gasteiger partial charge in [0.2, 0.25) is 0 Å². The second-order valence-electron chi connectivity index (χ2n) is 1.37. The molecule has 0 heterocycles. The van der Waals surface area contributed by atoms with Gasteiger partial charge in [-0.3, -0.25) is 0 Å². The van der Waals surface area contributed by atoms with Crippen molar-refractivity contribution in [2.75, 3.05) is 6.54 Å². The number of hydrogen-bond acceptors (Lipinski definition) is 1. The molecule has 0 aromatic heterocycles. The number of alkyl halides is 3. The summed E-state index contributed by atoms with van der Waals surface area (Å²) >= 11 is 0. The van der Waals surface area contributed by atoms with Crippen LogP contribution in [0.3, 0.4) is 0 Å². The molecule has 0 aliphatic carbocycles. The summed E-state index contributed by atoms with van der Waals surface area (Å²) in [4.78, 5) is 0. The van der Waals surface area contributed by atoms with Gasteiger partial charge in [0.15, 0.2) is 5.91 Å². The van der Waals surface area contributed by atoms with Gasteiger partial charge in [-0.25, -0.2) is 13.2 Å². The fourth-order valence-electron chi connectivity index (χ4n) is 0.113. The van der Waals surface area contributed by atoms with Gasteiger partial charge in [0.25, 0.3) is 5.92 Å². The van der Waals surface area contributed by atoms with E-state index in [-0.39, 0.29) is 0 Å². The molecule has 50 valence electrons. The van der Waals surface area contributed by atoms with Crippen LogP contribution in [-0.4, -0.2) is 18.4 Å². The molecular weight excluding hydrogens is 138 g/mol. The molecule has 1 nitrogen and oxygen atoms in total. The smallest absolute Gasteiger partial charge is 0.293 e. The Morgan fingerprint density at radius 2 is 2.00 bits per heavy atom. The van der Waals surface area contributed by atoms with E-state index >= 15 is 0 Å². The van der Waals surface area contributed by atoms with Crippen molar-refractivity contribution in [1.82, 2.24) is 0 Å². The van der Waals surface area contributed by atoms with Gasteiger partial charge in [0.05, 0.1) is 6.54 Å². The second kappa shape index (κ2) is 2.65. The first-order valence-corrected chi connectivity index (χ1v) is 2.65. The Bertz CT molecular complexity index is 74.9. The molecule has 0 saturated carbocycles. The molecule has 0 fully saturated rings. The normalized spacial score (nSPS) is 16.1. The number of hydrogen-bond donors (Lipinski definition) is 1. The lowest BCUT2D eigenvalue weighted by molar-refractivity contribution is -0.0282. The lowest BCUT2D eigenvalue weighted by atomic mass is 10.4. The predicted octanol–water partition coefficient (Wildman–Crippen LogP) is 0.751. The molecule has 5 heteroatoms. The Labute approximate surface area is 47.6 Å². The van der Waals surface area contributed by atoms with Crippen molar-refractivity contribution >= 4 is 9.24 Å². The van der Waals surface area contributed by atoms with Crippen molar-refractivity contribution < 1.29 is 13.2 Å². The van der Waals surface area contributed by atoms with E-state index in [9.17, 15) is 13.2 Å². The average molecular weight is 145 g/mol. The van der Waals surface area contributed by atoms with Crippen molar-refractivity contribution in [3.05, 3.63) is 0 Å². The van der Waals surface area contributed by atoms with Crippen LogP contribution in [0.4, 0.5) is 13.2 Å². The molecule has 2 atom stereocenters. The monoisotopic (exact) mass is 145 g/mol. The number of halogens is 3. The van der Waals surface area contributed by atoms with Crippen LogP contribution in [0.5, 0.6) is 0 Å². The van der Waals surface area contributed by atoms with E-state index in [1.165, 1.54) is 9.24 Å². The van der Waals surface area contributed by atoms with Crippen LogP contribution >= 0.6 is 9.24 Å². The van der Waals surface area contributed by atoms with Gasteiger partial charge in [0, 0.05) is 0 Å².